The summed E-state index contributed by atoms with van der Waals surface area (Å²) < 4.78 is 22.4. The molecule has 2 aromatic carbocycles. The monoisotopic (exact) mass is 379 g/mol. The number of carbonyl (C=O) groups is 2. The molecule has 0 amide bonds. The van der Waals surface area contributed by atoms with Crippen LogP contribution >= 0.6 is 11.6 Å². The quantitative estimate of drug-likeness (QED) is 0.471. The van der Waals surface area contributed by atoms with Crippen LogP contribution in [0.25, 0.3) is 0 Å². The molecule has 2 N–H and O–H groups in total. The third-order valence-electron chi connectivity index (χ3n) is 3.22. The third-order valence-corrected chi connectivity index (χ3v) is 4.40. The van der Waals surface area contributed by atoms with Gasteiger partial charge in [-0.2, -0.15) is 10.2 Å². The average Bonchev–Trinajstić information content (AvgIpc) is 2.55. The van der Waals surface area contributed by atoms with E-state index in [4.69, 9.17) is 16.7 Å². The minimum absolute atomic E-state index is 0.0770. The van der Waals surface area contributed by atoms with Crippen molar-refractivity contribution in [2.24, 2.45) is 15.4 Å². The molecule has 0 aromatic heterocycles. The molecule has 0 saturated heterocycles. The van der Waals surface area contributed by atoms with Crippen LogP contribution in [0, 0.1) is 0 Å². The lowest BCUT2D eigenvalue weighted by molar-refractivity contribution is -0.117. The fourth-order valence-corrected chi connectivity index (χ4v) is 2.56. The van der Waals surface area contributed by atoms with Gasteiger partial charge in [0.15, 0.2) is 17.6 Å². The van der Waals surface area contributed by atoms with E-state index in [0.29, 0.717) is 5.02 Å². The van der Waals surface area contributed by atoms with Crippen LogP contribution in [-0.2, 0) is 14.8 Å². The lowest BCUT2D eigenvalue weighted by Gasteiger charge is -2.07. The normalized spacial score (nSPS) is 12.9. The Kier molecular flexibility index (Phi) is 5.78. The van der Waals surface area contributed by atoms with Crippen LogP contribution in [0.5, 0.6) is 0 Å². The molecule has 1 unspecified atom stereocenters. The van der Waals surface area contributed by atoms with Crippen LogP contribution in [0.3, 0.4) is 0 Å². The van der Waals surface area contributed by atoms with Crippen molar-refractivity contribution in [3.8, 4) is 0 Å². The van der Waals surface area contributed by atoms with Crippen LogP contribution in [-0.4, -0.2) is 26.0 Å². The Hall–Kier alpha value is -2.42. The number of nitrogens with zero attached hydrogens (tertiary/aromatic N) is 2. The first-order valence-corrected chi connectivity index (χ1v) is 8.95. The van der Waals surface area contributed by atoms with Crippen molar-refractivity contribution >= 4 is 38.9 Å². The smallest absolute Gasteiger partial charge is 0.238 e. The number of sulfonamides is 1. The summed E-state index contributed by atoms with van der Waals surface area (Å²) in [5.41, 5.74) is 0.565. The summed E-state index contributed by atoms with van der Waals surface area (Å²) in [6.45, 7) is 1.24. The highest BCUT2D eigenvalue weighted by Crippen LogP contribution is 2.18. The molecule has 1 atom stereocenters. The zero-order valence-electron chi connectivity index (χ0n) is 13.1. The Morgan fingerprint density at radius 2 is 1.60 bits per heavy atom. The predicted octanol–water partition coefficient (Wildman–Crippen LogP) is 2.91. The van der Waals surface area contributed by atoms with E-state index in [-0.39, 0.29) is 16.1 Å². The van der Waals surface area contributed by atoms with Crippen LogP contribution in [0.15, 0.2) is 63.7 Å². The van der Waals surface area contributed by atoms with Gasteiger partial charge in [0.2, 0.25) is 10.0 Å². The van der Waals surface area contributed by atoms with Crippen molar-refractivity contribution in [1.82, 2.24) is 0 Å². The average molecular weight is 380 g/mol. The topological polar surface area (TPSA) is 119 Å². The number of ketones is 2. The molecule has 7 nitrogen and oxygen atoms in total. The van der Waals surface area contributed by atoms with Crippen molar-refractivity contribution in [2.75, 3.05) is 0 Å². The highest BCUT2D eigenvalue weighted by molar-refractivity contribution is 7.89. The van der Waals surface area contributed by atoms with Crippen molar-refractivity contribution in [3.63, 3.8) is 0 Å². The highest BCUT2D eigenvalue weighted by atomic mass is 35.5. The number of rotatable bonds is 6. The number of hydrogen-bond acceptors (Lipinski definition) is 6. The molecule has 0 fully saturated rings. The lowest BCUT2D eigenvalue weighted by Crippen LogP contribution is -2.26. The predicted molar refractivity (Wildman–Crippen MR) is 92.6 cm³/mol. The molecule has 2 rings (SSSR count). The second kappa shape index (κ2) is 7.64. The number of nitrogens with two attached hydrogens (primary N) is 1. The molecule has 9 heteroatoms. The fourth-order valence-electron chi connectivity index (χ4n) is 1.92. The minimum atomic E-state index is -3.81. The van der Waals surface area contributed by atoms with Gasteiger partial charge in [-0.15, -0.1) is 0 Å². The Morgan fingerprint density at radius 3 is 2.08 bits per heavy atom. The largest absolute Gasteiger partial charge is 0.297 e. The van der Waals surface area contributed by atoms with Crippen molar-refractivity contribution in [2.45, 2.75) is 17.9 Å². The summed E-state index contributed by atoms with van der Waals surface area (Å²) in [5, 5.41) is 13.1. The maximum absolute atomic E-state index is 12.4. The Bertz CT molecular complexity index is 923. The van der Waals surface area contributed by atoms with Crippen LogP contribution in [0.1, 0.15) is 17.3 Å². The van der Waals surface area contributed by atoms with Crippen LogP contribution in [0.4, 0.5) is 5.69 Å². The van der Waals surface area contributed by atoms with Gasteiger partial charge in [0.25, 0.3) is 0 Å². The standard InChI is InChI=1S/C16H14ClN3O4S/c1-10(21)15(16(22)11-2-4-12(17)5-3-11)20-19-13-6-8-14(9-7-13)25(18,23)24/h2-9,15H,1H3,(H2,18,23,24). The van der Waals surface area contributed by atoms with Gasteiger partial charge in [0.05, 0.1) is 10.6 Å². The highest BCUT2D eigenvalue weighted by Gasteiger charge is 2.24. The zero-order chi connectivity index (χ0) is 18.6. The van der Waals surface area contributed by atoms with Gasteiger partial charge < -0.3 is 0 Å². The van der Waals surface area contributed by atoms with Crippen molar-refractivity contribution < 1.29 is 18.0 Å². The van der Waals surface area contributed by atoms with E-state index >= 15 is 0 Å². The SMILES string of the molecule is CC(=O)C(N=Nc1ccc(S(N)(=O)=O)cc1)C(=O)c1ccc(Cl)cc1. The first-order valence-electron chi connectivity index (χ1n) is 7.02. The molecular formula is C16H14ClN3O4S. The molecule has 0 heterocycles. The van der Waals surface area contributed by atoms with Crippen molar-refractivity contribution in [3.05, 3.63) is 59.1 Å². The maximum atomic E-state index is 12.4. The van der Waals surface area contributed by atoms with E-state index in [2.05, 4.69) is 10.2 Å². The molecule has 25 heavy (non-hydrogen) atoms. The van der Waals surface area contributed by atoms with Gasteiger partial charge in [0.1, 0.15) is 0 Å². The van der Waals surface area contributed by atoms with E-state index in [1.165, 1.54) is 55.5 Å². The maximum Gasteiger partial charge on any atom is 0.238 e. The molecule has 0 aliphatic heterocycles. The van der Waals surface area contributed by atoms with Crippen LogP contribution in [0.2, 0.25) is 5.02 Å². The molecule has 0 aliphatic carbocycles. The number of azo groups is 1. The Balaban J connectivity index is 2.24. The van der Waals surface area contributed by atoms with Gasteiger partial charge in [-0.3, -0.25) is 9.59 Å². The van der Waals surface area contributed by atoms with Crippen LogP contribution < -0.4 is 5.14 Å². The molecule has 0 radical (unpaired) electrons. The number of halogens is 1. The molecule has 0 aliphatic rings. The molecule has 0 spiro atoms. The van der Waals surface area contributed by atoms with Gasteiger partial charge in [-0.05, 0) is 55.5 Å². The molecular weight excluding hydrogens is 366 g/mol. The van der Waals surface area contributed by atoms with Gasteiger partial charge in [0, 0.05) is 10.6 Å². The van der Waals surface area contributed by atoms with E-state index in [1.807, 2.05) is 0 Å². The molecule has 0 bridgehead atoms. The zero-order valence-corrected chi connectivity index (χ0v) is 14.7. The van der Waals surface area contributed by atoms with E-state index in [9.17, 15) is 18.0 Å². The summed E-state index contributed by atoms with van der Waals surface area (Å²) in [7, 11) is -3.81. The summed E-state index contributed by atoms with van der Waals surface area (Å²) in [5.74, 6) is -0.973. The molecule has 0 saturated carbocycles. The number of benzene rings is 2. The first kappa shape index (κ1) is 18.9. The van der Waals surface area contributed by atoms with E-state index in [0.717, 1.165) is 0 Å². The lowest BCUT2D eigenvalue weighted by atomic mass is 10.0. The Morgan fingerprint density at radius 1 is 1.04 bits per heavy atom. The minimum Gasteiger partial charge on any atom is -0.297 e. The van der Waals surface area contributed by atoms with Gasteiger partial charge in [-0.25, -0.2) is 13.6 Å². The van der Waals surface area contributed by atoms with E-state index in [1.54, 1.807) is 0 Å². The Labute approximate surface area is 149 Å². The first-order chi connectivity index (χ1) is 11.7. The second-order valence-electron chi connectivity index (χ2n) is 5.14. The number of primary sulfonamides is 1. The summed E-state index contributed by atoms with van der Waals surface area (Å²) in [6.07, 6.45) is 0. The third kappa shape index (κ3) is 5.02. The van der Waals surface area contributed by atoms with Gasteiger partial charge in [-0.1, -0.05) is 11.6 Å². The van der Waals surface area contributed by atoms with E-state index < -0.39 is 27.6 Å². The fraction of sp³-hybridized carbons (Fsp3) is 0.125. The number of hydrogen-bond donors (Lipinski definition) is 1. The summed E-state index contributed by atoms with van der Waals surface area (Å²) >= 11 is 5.77. The number of Topliss-reactive ketones (excluding diaryl/α,β-unsaturated/α-hetero) is 2. The number of carbonyl (C=O) groups excluding carboxylic acids is 2. The van der Waals surface area contributed by atoms with Crippen molar-refractivity contribution in [1.29, 1.82) is 0 Å². The molecule has 130 valence electrons. The van der Waals surface area contributed by atoms with Gasteiger partial charge >= 0.3 is 0 Å². The molecule has 2 aromatic rings. The summed E-state index contributed by atoms with van der Waals surface area (Å²) in [6, 6.07) is 10.0. The second-order valence-corrected chi connectivity index (χ2v) is 7.14. The summed E-state index contributed by atoms with van der Waals surface area (Å²) in [4.78, 5) is 24.0.